The Morgan fingerprint density at radius 2 is 1.91 bits per heavy atom. The predicted octanol–water partition coefficient (Wildman–Crippen LogP) is 4.06. The lowest BCUT2D eigenvalue weighted by Gasteiger charge is -2.40. The monoisotopic (exact) mass is 304 g/mol. The number of likely N-dealkylation sites (tertiary alicyclic amines) is 1. The molecule has 0 spiro atoms. The van der Waals surface area contributed by atoms with E-state index in [1.54, 1.807) is 4.90 Å². The summed E-state index contributed by atoms with van der Waals surface area (Å²) >= 11 is 0. The van der Waals surface area contributed by atoms with Gasteiger partial charge < -0.3 is 15.0 Å². The Hall–Kier alpha value is -1.71. The Morgan fingerprint density at radius 3 is 2.45 bits per heavy atom. The number of nitrogens with one attached hydrogen (secondary N) is 1. The summed E-state index contributed by atoms with van der Waals surface area (Å²) < 4.78 is 5.35. The van der Waals surface area contributed by atoms with Crippen LogP contribution >= 0.6 is 0 Å². The number of carbonyl (C=O) groups is 1. The zero-order valence-corrected chi connectivity index (χ0v) is 14.2. The lowest BCUT2D eigenvalue weighted by Crippen LogP contribution is -2.57. The van der Waals surface area contributed by atoms with Gasteiger partial charge >= 0.3 is 6.09 Å². The van der Waals surface area contributed by atoms with E-state index in [1.165, 1.54) is 18.4 Å². The molecule has 1 heterocycles. The number of unbranched alkanes of at least 4 members (excludes halogenated alkanes) is 1. The van der Waals surface area contributed by atoms with Gasteiger partial charge in [-0.1, -0.05) is 25.5 Å². The van der Waals surface area contributed by atoms with Crippen molar-refractivity contribution in [1.82, 2.24) is 4.90 Å². The molecule has 0 aromatic heterocycles. The van der Waals surface area contributed by atoms with Gasteiger partial charge in [-0.25, -0.2) is 4.79 Å². The largest absolute Gasteiger partial charge is 0.444 e. The highest BCUT2D eigenvalue weighted by Gasteiger charge is 2.33. The molecule has 2 rings (SSSR count). The fourth-order valence-corrected chi connectivity index (χ4v) is 2.43. The van der Waals surface area contributed by atoms with Crippen molar-refractivity contribution < 1.29 is 9.53 Å². The zero-order chi connectivity index (χ0) is 16.2. The van der Waals surface area contributed by atoms with Gasteiger partial charge in [0.2, 0.25) is 0 Å². The van der Waals surface area contributed by atoms with Crippen molar-refractivity contribution in [1.29, 1.82) is 0 Å². The van der Waals surface area contributed by atoms with Gasteiger partial charge in [0.05, 0.1) is 6.04 Å². The van der Waals surface area contributed by atoms with Crippen molar-refractivity contribution >= 4 is 11.8 Å². The SMILES string of the molecule is CCCCc1ccc(NC2CN(C(=O)OC(C)(C)C)C2)cc1. The summed E-state index contributed by atoms with van der Waals surface area (Å²) in [7, 11) is 0. The molecule has 4 nitrogen and oxygen atoms in total. The molecule has 0 atom stereocenters. The molecule has 1 aliphatic heterocycles. The number of aryl methyl sites for hydroxylation is 1. The van der Waals surface area contributed by atoms with Crippen molar-refractivity contribution in [2.45, 2.75) is 58.6 Å². The van der Waals surface area contributed by atoms with Gasteiger partial charge in [-0.15, -0.1) is 0 Å². The third-order valence-corrected chi connectivity index (χ3v) is 3.68. The first-order chi connectivity index (χ1) is 10.4. The highest BCUT2D eigenvalue weighted by molar-refractivity contribution is 5.69. The van der Waals surface area contributed by atoms with Gasteiger partial charge in [0, 0.05) is 18.8 Å². The quantitative estimate of drug-likeness (QED) is 0.892. The van der Waals surface area contributed by atoms with Gasteiger partial charge in [-0.3, -0.25) is 0 Å². The molecule has 1 aromatic rings. The lowest BCUT2D eigenvalue weighted by molar-refractivity contribution is 0.0105. The standard InChI is InChI=1S/C18H28N2O2/c1-5-6-7-14-8-10-15(11-9-14)19-16-12-20(13-16)17(21)22-18(2,3)4/h8-11,16,19H,5-7,12-13H2,1-4H3. The molecule has 0 saturated carbocycles. The highest BCUT2D eigenvalue weighted by atomic mass is 16.6. The van der Waals surface area contributed by atoms with Crippen molar-refractivity contribution in [2.24, 2.45) is 0 Å². The number of anilines is 1. The third-order valence-electron chi connectivity index (χ3n) is 3.68. The van der Waals surface area contributed by atoms with Crippen LogP contribution in [0.25, 0.3) is 0 Å². The maximum atomic E-state index is 11.9. The molecule has 1 aromatic carbocycles. The number of nitrogens with zero attached hydrogens (tertiary/aromatic N) is 1. The van der Waals surface area contributed by atoms with Crippen LogP contribution in [-0.2, 0) is 11.2 Å². The average Bonchev–Trinajstić information content (AvgIpc) is 2.39. The summed E-state index contributed by atoms with van der Waals surface area (Å²) in [6.45, 7) is 9.28. The maximum Gasteiger partial charge on any atom is 0.410 e. The van der Waals surface area contributed by atoms with Gasteiger partial charge in [0.15, 0.2) is 0 Å². The topological polar surface area (TPSA) is 41.6 Å². The molecule has 1 N–H and O–H groups in total. The summed E-state index contributed by atoms with van der Waals surface area (Å²) in [5.74, 6) is 0. The predicted molar refractivity (Wildman–Crippen MR) is 90.3 cm³/mol. The molecule has 0 bridgehead atoms. The number of amides is 1. The molecule has 22 heavy (non-hydrogen) atoms. The van der Waals surface area contributed by atoms with Gasteiger partial charge in [-0.2, -0.15) is 0 Å². The van der Waals surface area contributed by atoms with E-state index in [1.807, 2.05) is 20.8 Å². The molecule has 1 fully saturated rings. The van der Waals surface area contributed by atoms with E-state index in [0.29, 0.717) is 19.1 Å². The average molecular weight is 304 g/mol. The summed E-state index contributed by atoms with van der Waals surface area (Å²) in [5.41, 5.74) is 2.08. The van der Waals surface area contributed by atoms with Crippen molar-refractivity contribution in [3.63, 3.8) is 0 Å². The van der Waals surface area contributed by atoms with E-state index >= 15 is 0 Å². The first-order valence-corrected chi connectivity index (χ1v) is 8.21. The second-order valence-electron chi connectivity index (χ2n) is 7.03. The van der Waals surface area contributed by atoms with E-state index in [4.69, 9.17) is 4.74 Å². The minimum absolute atomic E-state index is 0.222. The first kappa shape index (κ1) is 16.7. The zero-order valence-electron chi connectivity index (χ0n) is 14.2. The minimum Gasteiger partial charge on any atom is -0.444 e. The molecular weight excluding hydrogens is 276 g/mol. The minimum atomic E-state index is -0.427. The smallest absolute Gasteiger partial charge is 0.410 e. The number of rotatable bonds is 5. The fourth-order valence-electron chi connectivity index (χ4n) is 2.43. The summed E-state index contributed by atoms with van der Waals surface area (Å²) in [6, 6.07) is 8.93. The molecule has 0 aliphatic carbocycles. The van der Waals surface area contributed by atoms with Crippen LogP contribution in [0.1, 0.15) is 46.1 Å². The fraction of sp³-hybridized carbons (Fsp3) is 0.611. The summed E-state index contributed by atoms with van der Waals surface area (Å²) in [6.07, 6.45) is 3.38. The van der Waals surface area contributed by atoms with E-state index in [2.05, 4.69) is 36.5 Å². The van der Waals surface area contributed by atoms with Gasteiger partial charge in [0.1, 0.15) is 5.60 Å². The highest BCUT2D eigenvalue weighted by Crippen LogP contribution is 2.19. The number of ether oxygens (including phenoxy) is 1. The molecule has 1 aliphatic rings. The van der Waals surface area contributed by atoms with E-state index in [0.717, 1.165) is 12.1 Å². The van der Waals surface area contributed by atoms with Crippen LogP contribution in [0.15, 0.2) is 24.3 Å². The van der Waals surface area contributed by atoms with Crippen molar-refractivity contribution in [3.8, 4) is 0 Å². The number of hydrogen-bond donors (Lipinski definition) is 1. The number of benzene rings is 1. The van der Waals surface area contributed by atoms with E-state index < -0.39 is 5.60 Å². The second kappa shape index (κ2) is 7.03. The van der Waals surface area contributed by atoms with Crippen LogP contribution in [0.4, 0.5) is 10.5 Å². The van der Waals surface area contributed by atoms with Crippen LogP contribution in [0.5, 0.6) is 0 Å². The summed E-state index contributed by atoms with van der Waals surface area (Å²) in [5, 5.41) is 3.46. The lowest BCUT2D eigenvalue weighted by atomic mass is 10.1. The Labute approximate surface area is 133 Å². The second-order valence-corrected chi connectivity index (χ2v) is 7.03. The van der Waals surface area contributed by atoms with Gasteiger partial charge in [0.25, 0.3) is 0 Å². The van der Waals surface area contributed by atoms with Crippen LogP contribution < -0.4 is 5.32 Å². The number of carbonyl (C=O) groups excluding carboxylic acids is 1. The molecule has 122 valence electrons. The van der Waals surface area contributed by atoms with Crippen LogP contribution in [-0.4, -0.2) is 35.7 Å². The molecule has 1 amide bonds. The molecule has 1 saturated heterocycles. The van der Waals surface area contributed by atoms with Gasteiger partial charge in [-0.05, 0) is 51.3 Å². The Balaban J connectivity index is 1.74. The normalized spacial score (nSPS) is 15.4. The van der Waals surface area contributed by atoms with Crippen molar-refractivity contribution in [2.75, 3.05) is 18.4 Å². The first-order valence-electron chi connectivity index (χ1n) is 8.21. The Morgan fingerprint density at radius 1 is 1.27 bits per heavy atom. The number of hydrogen-bond acceptors (Lipinski definition) is 3. The van der Waals surface area contributed by atoms with Crippen LogP contribution in [0.2, 0.25) is 0 Å². The summed E-state index contributed by atoms with van der Waals surface area (Å²) in [4.78, 5) is 13.6. The molecule has 0 unspecified atom stereocenters. The van der Waals surface area contributed by atoms with Crippen LogP contribution in [0, 0.1) is 0 Å². The maximum absolute atomic E-state index is 11.9. The molecule has 4 heteroatoms. The van der Waals surface area contributed by atoms with E-state index in [-0.39, 0.29) is 6.09 Å². The van der Waals surface area contributed by atoms with Crippen molar-refractivity contribution in [3.05, 3.63) is 29.8 Å². The molecule has 0 radical (unpaired) electrons. The Kier molecular flexibility index (Phi) is 5.33. The Bertz CT molecular complexity index is 485. The molecular formula is C18H28N2O2. The van der Waals surface area contributed by atoms with Crippen LogP contribution in [0.3, 0.4) is 0 Å². The van der Waals surface area contributed by atoms with E-state index in [9.17, 15) is 4.79 Å². The third kappa shape index (κ3) is 4.93.